The number of piperazine rings is 1. The van der Waals surface area contributed by atoms with E-state index in [0.717, 1.165) is 16.3 Å². The summed E-state index contributed by atoms with van der Waals surface area (Å²) in [6.07, 6.45) is 2.91. The maximum absolute atomic E-state index is 13.5. The van der Waals surface area contributed by atoms with Gasteiger partial charge in [-0.25, -0.2) is 4.98 Å². The summed E-state index contributed by atoms with van der Waals surface area (Å²) in [5, 5.41) is 14.7. The van der Waals surface area contributed by atoms with Crippen molar-refractivity contribution in [3.63, 3.8) is 0 Å². The topological polar surface area (TPSA) is 153 Å². The fourth-order valence-corrected chi connectivity index (χ4v) is 6.26. The zero-order chi connectivity index (χ0) is 29.1. The Balaban J connectivity index is 1.34. The number of nitrogens with one attached hydrogen (secondary N) is 2. The SMILES string of the molecule is CN1CC(=O)N(CC(=O)NC(C(=O)c2nccs2)C2CCN(C(=N)N)CC2)[C@@H](Cc2ccc3ccccc3c2)C1=O. The normalized spacial score (nSPS) is 19.0. The minimum atomic E-state index is -0.847. The van der Waals surface area contributed by atoms with E-state index in [4.69, 9.17) is 11.1 Å². The van der Waals surface area contributed by atoms with Crippen LogP contribution in [0.4, 0.5) is 0 Å². The van der Waals surface area contributed by atoms with Crippen LogP contribution in [0.1, 0.15) is 28.2 Å². The smallest absolute Gasteiger partial charge is 0.245 e. The number of rotatable bonds is 8. The number of fused-ring (bicyclic) bond motifs is 1. The Morgan fingerprint density at radius 1 is 1.15 bits per heavy atom. The van der Waals surface area contributed by atoms with Gasteiger partial charge in [-0.15, -0.1) is 11.3 Å². The Bertz CT molecular complexity index is 1470. The van der Waals surface area contributed by atoms with Crippen LogP contribution in [0.15, 0.2) is 54.0 Å². The first kappa shape index (κ1) is 28.2. The molecule has 0 aliphatic carbocycles. The molecule has 0 radical (unpaired) electrons. The quantitative estimate of drug-likeness (QED) is 0.209. The van der Waals surface area contributed by atoms with E-state index in [9.17, 15) is 19.2 Å². The summed E-state index contributed by atoms with van der Waals surface area (Å²) in [7, 11) is 1.58. The molecule has 12 heteroatoms. The van der Waals surface area contributed by atoms with Gasteiger partial charge in [0.25, 0.3) is 0 Å². The fraction of sp³-hybridized carbons (Fsp3) is 0.379. The zero-order valence-corrected chi connectivity index (χ0v) is 23.6. The number of ketones is 1. The number of likely N-dealkylation sites (tertiary alicyclic amines) is 1. The van der Waals surface area contributed by atoms with Crippen LogP contribution in [-0.4, -0.2) is 94.5 Å². The molecule has 2 saturated heterocycles. The number of Topliss-reactive ketones (excluding diaryl/α,β-unsaturated/α-hetero) is 1. The largest absolute Gasteiger partial charge is 0.370 e. The number of nitrogens with two attached hydrogens (primary N) is 1. The molecule has 0 bridgehead atoms. The van der Waals surface area contributed by atoms with E-state index in [1.807, 2.05) is 42.5 Å². The number of guanidine groups is 1. The van der Waals surface area contributed by atoms with Gasteiger partial charge in [0.2, 0.25) is 23.5 Å². The van der Waals surface area contributed by atoms with Crippen LogP contribution in [0.2, 0.25) is 0 Å². The summed E-state index contributed by atoms with van der Waals surface area (Å²) in [5.41, 5.74) is 6.52. The molecule has 2 aromatic carbocycles. The number of amides is 3. The Morgan fingerprint density at radius 2 is 1.88 bits per heavy atom. The second-order valence-corrected chi connectivity index (χ2v) is 11.5. The van der Waals surface area contributed by atoms with Crippen molar-refractivity contribution in [1.82, 2.24) is 25.0 Å². The first-order valence-electron chi connectivity index (χ1n) is 13.6. The molecule has 3 aromatic rings. The van der Waals surface area contributed by atoms with Gasteiger partial charge < -0.3 is 25.8 Å². The van der Waals surface area contributed by atoms with E-state index in [0.29, 0.717) is 30.9 Å². The van der Waals surface area contributed by atoms with Crippen molar-refractivity contribution in [2.45, 2.75) is 31.3 Å². The third-order valence-electron chi connectivity index (χ3n) is 7.88. The maximum Gasteiger partial charge on any atom is 0.245 e. The van der Waals surface area contributed by atoms with E-state index in [2.05, 4.69) is 10.3 Å². The van der Waals surface area contributed by atoms with Gasteiger partial charge in [0.1, 0.15) is 12.6 Å². The molecule has 214 valence electrons. The first-order chi connectivity index (χ1) is 19.7. The van der Waals surface area contributed by atoms with Crippen molar-refractivity contribution < 1.29 is 19.2 Å². The highest BCUT2D eigenvalue weighted by molar-refractivity contribution is 7.11. The highest BCUT2D eigenvalue weighted by atomic mass is 32.1. The van der Waals surface area contributed by atoms with Gasteiger partial charge in [-0.3, -0.25) is 24.6 Å². The molecule has 1 aromatic heterocycles. The minimum absolute atomic E-state index is 0.0222. The lowest BCUT2D eigenvalue weighted by molar-refractivity contribution is -0.156. The number of likely N-dealkylation sites (N-methyl/N-ethyl adjacent to an activating group) is 1. The second-order valence-electron chi connectivity index (χ2n) is 10.6. The van der Waals surface area contributed by atoms with Gasteiger partial charge in [0.15, 0.2) is 11.0 Å². The zero-order valence-electron chi connectivity index (χ0n) is 22.8. The number of hydrogen-bond donors (Lipinski definition) is 3. The molecule has 3 amide bonds. The van der Waals surface area contributed by atoms with E-state index >= 15 is 0 Å². The molecule has 2 atom stereocenters. The minimum Gasteiger partial charge on any atom is -0.370 e. The number of carbonyl (C=O) groups is 4. The van der Waals surface area contributed by atoms with E-state index in [1.165, 1.54) is 21.1 Å². The third-order valence-corrected chi connectivity index (χ3v) is 8.67. The maximum atomic E-state index is 13.5. The number of thiazole rings is 1. The summed E-state index contributed by atoms with van der Waals surface area (Å²) >= 11 is 1.20. The summed E-state index contributed by atoms with van der Waals surface area (Å²) in [6.45, 7) is 0.531. The number of benzene rings is 2. The van der Waals surface area contributed by atoms with Gasteiger partial charge in [-0.05, 0) is 35.1 Å². The highest BCUT2D eigenvalue weighted by Gasteiger charge is 2.40. The van der Waals surface area contributed by atoms with Gasteiger partial charge in [-0.1, -0.05) is 42.5 Å². The number of nitrogens with zero attached hydrogens (tertiary/aromatic N) is 4. The average Bonchev–Trinajstić information content (AvgIpc) is 3.51. The van der Waals surface area contributed by atoms with Crippen molar-refractivity contribution in [1.29, 1.82) is 5.41 Å². The van der Waals surface area contributed by atoms with Crippen molar-refractivity contribution in [3.05, 3.63) is 64.6 Å². The van der Waals surface area contributed by atoms with Crippen LogP contribution in [-0.2, 0) is 20.8 Å². The fourth-order valence-electron chi connectivity index (χ4n) is 5.64. The molecule has 2 aliphatic heterocycles. The molecule has 2 fully saturated rings. The van der Waals surface area contributed by atoms with Crippen LogP contribution < -0.4 is 11.1 Å². The molecule has 0 saturated carbocycles. The lowest BCUT2D eigenvalue weighted by atomic mass is 9.87. The predicted octanol–water partition coefficient (Wildman–Crippen LogP) is 1.48. The summed E-state index contributed by atoms with van der Waals surface area (Å²) in [5.74, 6) is -1.58. The molecule has 11 nitrogen and oxygen atoms in total. The lowest BCUT2D eigenvalue weighted by Gasteiger charge is -2.39. The van der Waals surface area contributed by atoms with Crippen molar-refractivity contribution >= 4 is 51.6 Å². The van der Waals surface area contributed by atoms with E-state index < -0.39 is 18.0 Å². The molecule has 3 heterocycles. The summed E-state index contributed by atoms with van der Waals surface area (Å²) in [6, 6.07) is 12.1. The highest BCUT2D eigenvalue weighted by Crippen LogP contribution is 2.25. The number of hydrogen-bond acceptors (Lipinski definition) is 7. The first-order valence-corrected chi connectivity index (χ1v) is 14.4. The van der Waals surface area contributed by atoms with Crippen molar-refractivity contribution in [2.75, 3.05) is 33.2 Å². The Kier molecular flexibility index (Phi) is 8.29. The van der Waals surface area contributed by atoms with E-state index in [-0.39, 0.29) is 49.0 Å². The van der Waals surface area contributed by atoms with Crippen molar-refractivity contribution in [3.8, 4) is 0 Å². The average molecular weight is 576 g/mol. The van der Waals surface area contributed by atoms with Crippen LogP contribution in [0, 0.1) is 11.3 Å². The number of aromatic nitrogens is 1. The van der Waals surface area contributed by atoms with Gasteiger partial charge in [0.05, 0.1) is 12.6 Å². The van der Waals surface area contributed by atoms with Crippen LogP contribution >= 0.6 is 11.3 Å². The molecular weight excluding hydrogens is 542 g/mol. The molecule has 41 heavy (non-hydrogen) atoms. The van der Waals surface area contributed by atoms with Crippen LogP contribution in [0.5, 0.6) is 0 Å². The molecule has 4 N–H and O–H groups in total. The monoisotopic (exact) mass is 575 g/mol. The van der Waals surface area contributed by atoms with E-state index in [1.54, 1.807) is 23.5 Å². The summed E-state index contributed by atoms with van der Waals surface area (Å²) < 4.78 is 0. The Morgan fingerprint density at radius 3 is 2.56 bits per heavy atom. The Hall–Kier alpha value is -4.32. The second kappa shape index (κ2) is 12.0. The Labute approximate surface area is 241 Å². The van der Waals surface area contributed by atoms with Gasteiger partial charge in [-0.2, -0.15) is 0 Å². The molecular formula is C29H33N7O4S. The third kappa shape index (κ3) is 6.22. The predicted molar refractivity (Wildman–Crippen MR) is 155 cm³/mol. The molecule has 2 aliphatic rings. The van der Waals surface area contributed by atoms with Crippen molar-refractivity contribution in [2.24, 2.45) is 11.7 Å². The number of carbonyl (C=O) groups excluding carboxylic acids is 4. The standard InChI is InChI=1S/C29H33N7O4S/c1-34-17-24(38)36(22(28(34)40)15-18-6-7-19-4-2-3-5-21(19)14-18)16-23(37)33-25(26(39)27-32-10-13-41-27)20-8-11-35(12-9-20)29(30)31/h2-7,10,13-14,20,22,25H,8-9,11-12,15-17H2,1H3,(H3,30,31)(H,33,37)/t22-,25?/m0/s1. The van der Waals surface area contributed by atoms with Gasteiger partial charge >= 0.3 is 0 Å². The molecule has 1 unspecified atom stereocenters. The summed E-state index contributed by atoms with van der Waals surface area (Å²) in [4.78, 5) is 61.9. The van der Waals surface area contributed by atoms with Crippen LogP contribution in [0.3, 0.4) is 0 Å². The van der Waals surface area contributed by atoms with Crippen LogP contribution in [0.25, 0.3) is 10.8 Å². The van der Waals surface area contributed by atoms with Gasteiger partial charge in [0, 0.05) is 38.1 Å². The number of piperidine rings is 1. The molecule has 0 spiro atoms. The lowest BCUT2D eigenvalue weighted by Crippen LogP contribution is -2.62. The molecule has 5 rings (SSSR count).